The van der Waals surface area contributed by atoms with Crippen LogP contribution in [0.25, 0.3) is 22.4 Å². The van der Waals surface area contributed by atoms with Crippen molar-refractivity contribution >= 4 is 17.6 Å². The molecule has 56 heavy (non-hydrogen) atoms. The second-order valence-electron chi connectivity index (χ2n) is 14.0. The van der Waals surface area contributed by atoms with Crippen LogP contribution >= 0.6 is 0 Å². The van der Waals surface area contributed by atoms with Gasteiger partial charge in [0.05, 0.1) is 29.9 Å². The lowest BCUT2D eigenvalue weighted by Crippen LogP contribution is -2.22. The number of nitrogens with one attached hydrogen (secondary N) is 2. The van der Waals surface area contributed by atoms with E-state index in [2.05, 4.69) is 59.2 Å². The summed E-state index contributed by atoms with van der Waals surface area (Å²) < 4.78 is 16.0. The van der Waals surface area contributed by atoms with Gasteiger partial charge in [0.1, 0.15) is 5.82 Å². The van der Waals surface area contributed by atoms with Crippen molar-refractivity contribution in [1.82, 2.24) is 9.88 Å². The summed E-state index contributed by atoms with van der Waals surface area (Å²) in [4.78, 5) is 25.0. The number of nitrogens with zero attached hydrogens (tertiary/aromatic N) is 1. The Morgan fingerprint density at radius 2 is 1.20 bits per heavy atom. The molecule has 0 aliphatic carbocycles. The number of aliphatic hydroxyl groups is 2. The molecule has 0 radical (unpaired) electrons. The number of anilines is 1. The van der Waals surface area contributed by atoms with Crippen molar-refractivity contribution in [3.63, 3.8) is 0 Å². The van der Waals surface area contributed by atoms with Crippen molar-refractivity contribution in [2.45, 2.75) is 70.9 Å². The van der Waals surface area contributed by atoms with Gasteiger partial charge in [0, 0.05) is 36.6 Å². The SMILES string of the molecule is CC(C)c1c(C(=O)Nc2ccccc2)c(-c2ccccc2)c(-c2ccc(F)cc2)n1CC[C@@H](O)C[C@@H](O)CC(=O)O.c1ccc(CNCc2ccccc2)cc1. The second kappa shape index (κ2) is 20.7. The largest absolute Gasteiger partial charge is 0.481 e. The van der Waals surface area contributed by atoms with E-state index in [0.29, 0.717) is 28.1 Å². The molecule has 6 rings (SSSR count). The predicted octanol–water partition coefficient (Wildman–Crippen LogP) is 9.29. The third kappa shape index (κ3) is 11.8. The summed E-state index contributed by atoms with van der Waals surface area (Å²) in [6.07, 6.45) is -2.51. The maximum absolute atomic E-state index is 14.0. The molecule has 9 heteroatoms. The van der Waals surface area contributed by atoms with Crippen molar-refractivity contribution < 1.29 is 29.3 Å². The molecule has 0 saturated heterocycles. The number of aliphatic carboxylic acids is 1. The zero-order chi connectivity index (χ0) is 39.9. The zero-order valence-electron chi connectivity index (χ0n) is 31.8. The number of carboxylic acid groups (broad SMARTS) is 1. The summed E-state index contributed by atoms with van der Waals surface area (Å²) in [6, 6.07) is 45.7. The van der Waals surface area contributed by atoms with Gasteiger partial charge in [-0.15, -0.1) is 0 Å². The van der Waals surface area contributed by atoms with Gasteiger partial charge in [-0.05, 0) is 77.4 Å². The molecule has 0 fully saturated rings. The van der Waals surface area contributed by atoms with E-state index in [0.717, 1.165) is 24.3 Å². The summed E-state index contributed by atoms with van der Waals surface area (Å²) in [7, 11) is 0. The normalized spacial score (nSPS) is 12.0. The molecular formula is C47H50FN3O5. The van der Waals surface area contributed by atoms with Crippen molar-refractivity contribution in [3.8, 4) is 22.4 Å². The van der Waals surface area contributed by atoms with Crippen molar-refractivity contribution in [1.29, 1.82) is 0 Å². The van der Waals surface area contributed by atoms with Crippen LogP contribution in [0.2, 0.25) is 0 Å². The first kappa shape index (κ1) is 41.3. The molecule has 1 heterocycles. The highest BCUT2D eigenvalue weighted by atomic mass is 19.1. The summed E-state index contributed by atoms with van der Waals surface area (Å²) in [5.41, 5.74) is 7.43. The smallest absolute Gasteiger partial charge is 0.305 e. The lowest BCUT2D eigenvalue weighted by atomic mass is 9.94. The van der Waals surface area contributed by atoms with Gasteiger partial charge in [-0.25, -0.2) is 4.39 Å². The highest BCUT2D eigenvalue weighted by Gasteiger charge is 2.31. The fourth-order valence-corrected chi connectivity index (χ4v) is 6.75. The number of rotatable bonds is 16. The van der Waals surface area contributed by atoms with E-state index in [9.17, 15) is 24.2 Å². The van der Waals surface area contributed by atoms with Crippen LogP contribution in [0.15, 0.2) is 146 Å². The van der Waals surface area contributed by atoms with Crippen LogP contribution in [0.3, 0.4) is 0 Å². The van der Waals surface area contributed by atoms with Crippen LogP contribution in [-0.4, -0.2) is 44.0 Å². The van der Waals surface area contributed by atoms with Gasteiger partial charge in [0.15, 0.2) is 0 Å². The van der Waals surface area contributed by atoms with Crippen molar-refractivity contribution in [3.05, 3.63) is 174 Å². The molecule has 0 aliphatic heterocycles. The number of amides is 1. The summed E-state index contributed by atoms with van der Waals surface area (Å²) in [6.45, 7) is 6.11. The Bertz CT molecular complexity index is 2070. The number of hydrogen-bond acceptors (Lipinski definition) is 5. The maximum Gasteiger partial charge on any atom is 0.305 e. The highest BCUT2D eigenvalue weighted by Crippen LogP contribution is 2.42. The second-order valence-corrected chi connectivity index (χ2v) is 14.0. The maximum atomic E-state index is 14.0. The predicted molar refractivity (Wildman–Crippen MR) is 221 cm³/mol. The Balaban J connectivity index is 0.000000332. The van der Waals surface area contributed by atoms with Crippen molar-refractivity contribution in [2.24, 2.45) is 0 Å². The molecule has 5 N–H and O–H groups in total. The Hall–Kier alpha value is -5.87. The minimum Gasteiger partial charge on any atom is -0.481 e. The van der Waals surface area contributed by atoms with Crippen molar-refractivity contribution in [2.75, 3.05) is 5.32 Å². The quantitative estimate of drug-likeness (QED) is 0.0671. The molecule has 0 aliphatic rings. The van der Waals surface area contributed by atoms with Crippen LogP contribution in [0.1, 0.15) is 66.2 Å². The molecule has 290 valence electrons. The van der Waals surface area contributed by atoms with E-state index < -0.39 is 24.6 Å². The monoisotopic (exact) mass is 755 g/mol. The van der Waals surface area contributed by atoms with E-state index in [-0.39, 0.29) is 37.0 Å². The van der Waals surface area contributed by atoms with Gasteiger partial charge in [-0.3, -0.25) is 9.59 Å². The topological polar surface area (TPSA) is 124 Å². The summed E-state index contributed by atoms with van der Waals surface area (Å²) >= 11 is 0. The van der Waals surface area contributed by atoms with Gasteiger partial charge < -0.3 is 30.5 Å². The lowest BCUT2D eigenvalue weighted by Gasteiger charge is -2.20. The Morgan fingerprint density at radius 1 is 0.679 bits per heavy atom. The number of carbonyl (C=O) groups excluding carboxylic acids is 1. The lowest BCUT2D eigenvalue weighted by molar-refractivity contribution is -0.139. The Kier molecular flexibility index (Phi) is 15.3. The molecule has 6 aromatic rings. The standard InChI is InChI=1S/C33H35FN2O5.C14H15N/c1-21(2)31-30(33(41)35-25-11-7-4-8-12-25)29(22-9-5-3-6-10-22)32(23-13-15-24(34)16-14-23)36(31)18-17-26(37)19-27(38)20-28(39)40;1-3-7-13(8-4-1)11-15-12-14-9-5-2-6-10-14/h3-16,21,26-27,37-38H,17-20H2,1-2H3,(H,35,41)(H,39,40);1-10,15H,11-12H2/t26-,27-;/m1./s1. The van der Waals surface area contributed by atoms with E-state index in [1.54, 1.807) is 12.1 Å². The molecular weight excluding hydrogens is 706 g/mol. The van der Waals surface area contributed by atoms with Gasteiger partial charge in [-0.2, -0.15) is 0 Å². The number of para-hydroxylation sites is 1. The number of carbonyl (C=O) groups is 2. The fourth-order valence-electron chi connectivity index (χ4n) is 6.75. The summed E-state index contributed by atoms with van der Waals surface area (Å²) in [5, 5.41) is 36.2. The molecule has 0 saturated carbocycles. The number of aromatic nitrogens is 1. The minimum absolute atomic E-state index is 0.0939. The number of aliphatic hydroxyl groups excluding tert-OH is 2. The molecule has 1 amide bonds. The van der Waals surface area contributed by atoms with Gasteiger partial charge in [-0.1, -0.05) is 123 Å². The van der Waals surface area contributed by atoms with E-state index in [4.69, 9.17) is 5.11 Å². The molecule has 8 nitrogen and oxygen atoms in total. The molecule has 0 spiro atoms. The molecule has 2 atom stereocenters. The number of hydrogen-bond donors (Lipinski definition) is 5. The first-order valence-electron chi connectivity index (χ1n) is 18.9. The highest BCUT2D eigenvalue weighted by molar-refractivity contribution is 6.12. The molecule has 0 bridgehead atoms. The number of carboxylic acids is 1. The van der Waals surface area contributed by atoms with Gasteiger partial charge in [0.25, 0.3) is 5.91 Å². The Labute approximate surface area is 328 Å². The number of benzene rings is 5. The first-order chi connectivity index (χ1) is 27.1. The van der Waals surface area contributed by atoms with Gasteiger partial charge >= 0.3 is 5.97 Å². The molecule has 1 aromatic heterocycles. The van der Waals surface area contributed by atoms with Crippen LogP contribution in [0.4, 0.5) is 10.1 Å². The van der Waals surface area contributed by atoms with Gasteiger partial charge in [0.2, 0.25) is 0 Å². The van der Waals surface area contributed by atoms with E-state index in [1.807, 2.05) is 91.2 Å². The van der Waals surface area contributed by atoms with Crippen LogP contribution in [0.5, 0.6) is 0 Å². The third-order valence-corrected chi connectivity index (χ3v) is 9.27. The van der Waals surface area contributed by atoms with E-state index >= 15 is 0 Å². The first-order valence-corrected chi connectivity index (χ1v) is 18.9. The third-order valence-electron chi connectivity index (χ3n) is 9.27. The summed E-state index contributed by atoms with van der Waals surface area (Å²) in [5.74, 6) is -1.93. The average Bonchev–Trinajstić information content (AvgIpc) is 3.54. The minimum atomic E-state index is -1.18. The molecule has 0 unspecified atom stereocenters. The van der Waals surface area contributed by atoms with E-state index in [1.165, 1.54) is 23.3 Å². The average molecular weight is 756 g/mol. The fraction of sp³-hybridized carbons (Fsp3) is 0.234. The van der Waals surface area contributed by atoms with Crippen LogP contribution in [-0.2, 0) is 24.4 Å². The Morgan fingerprint density at radius 3 is 1.71 bits per heavy atom. The zero-order valence-corrected chi connectivity index (χ0v) is 31.8. The van der Waals surface area contributed by atoms with Crippen LogP contribution < -0.4 is 10.6 Å². The van der Waals surface area contributed by atoms with Crippen LogP contribution in [0, 0.1) is 5.82 Å². The molecule has 5 aromatic carbocycles. The number of halogens is 1.